The standard InChI is InChI=1S/C30H29FN2O5/c1-3-4-7-15-35-21-10-8-9-20(16-21)28-23-14-13-22(17-27(23)38-29(33)24(28)18-32)37-30(34)19(2)36-26-12-6-5-11-25(26)31/h5-6,8-14,16-17,19,28H,3-4,7,15,33H2,1-2H3. The average molecular weight is 517 g/mol. The van der Waals surface area contributed by atoms with Gasteiger partial charge in [-0.1, -0.05) is 50.1 Å². The molecule has 1 aliphatic heterocycles. The molecule has 0 amide bonds. The van der Waals surface area contributed by atoms with Crippen molar-refractivity contribution in [3.05, 3.63) is 95.1 Å². The van der Waals surface area contributed by atoms with Crippen LogP contribution in [0.3, 0.4) is 0 Å². The molecule has 1 aliphatic rings. The number of fused-ring (bicyclic) bond motifs is 1. The van der Waals surface area contributed by atoms with E-state index in [0.717, 1.165) is 24.8 Å². The van der Waals surface area contributed by atoms with Gasteiger partial charge in [0.25, 0.3) is 0 Å². The van der Waals surface area contributed by atoms with E-state index < -0.39 is 23.8 Å². The second kappa shape index (κ2) is 12.2. The van der Waals surface area contributed by atoms with Gasteiger partial charge >= 0.3 is 5.97 Å². The highest BCUT2D eigenvalue weighted by atomic mass is 19.1. The lowest BCUT2D eigenvalue weighted by Crippen LogP contribution is -2.29. The second-order valence-electron chi connectivity index (χ2n) is 8.86. The number of carbonyl (C=O) groups excluding carboxylic acids is 1. The van der Waals surface area contributed by atoms with Gasteiger partial charge < -0.3 is 24.7 Å². The lowest BCUT2D eigenvalue weighted by atomic mass is 9.83. The van der Waals surface area contributed by atoms with E-state index in [4.69, 9.17) is 24.7 Å². The van der Waals surface area contributed by atoms with Crippen LogP contribution in [0.5, 0.6) is 23.0 Å². The lowest BCUT2D eigenvalue weighted by Gasteiger charge is -2.27. The van der Waals surface area contributed by atoms with Crippen molar-refractivity contribution < 1.29 is 28.1 Å². The van der Waals surface area contributed by atoms with E-state index in [0.29, 0.717) is 23.7 Å². The number of hydrogen-bond donors (Lipinski definition) is 1. The highest BCUT2D eigenvalue weighted by molar-refractivity contribution is 5.77. The first-order valence-corrected chi connectivity index (χ1v) is 12.5. The van der Waals surface area contributed by atoms with Crippen LogP contribution in [-0.2, 0) is 4.79 Å². The molecule has 0 bridgehead atoms. The van der Waals surface area contributed by atoms with E-state index in [1.165, 1.54) is 31.2 Å². The first-order chi connectivity index (χ1) is 18.4. The van der Waals surface area contributed by atoms with Gasteiger partial charge in [-0.15, -0.1) is 0 Å². The number of hydrogen-bond acceptors (Lipinski definition) is 7. The van der Waals surface area contributed by atoms with Crippen molar-refractivity contribution in [3.8, 4) is 29.1 Å². The fraction of sp³-hybridized carbons (Fsp3) is 0.267. The van der Waals surface area contributed by atoms with Gasteiger partial charge in [0, 0.05) is 11.6 Å². The predicted molar refractivity (Wildman–Crippen MR) is 139 cm³/mol. The lowest BCUT2D eigenvalue weighted by molar-refractivity contribution is -0.141. The van der Waals surface area contributed by atoms with E-state index in [2.05, 4.69) is 13.0 Å². The van der Waals surface area contributed by atoms with Gasteiger partial charge in [-0.2, -0.15) is 5.26 Å². The number of halogens is 1. The summed E-state index contributed by atoms with van der Waals surface area (Å²) in [4.78, 5) is 12.6. The molecule has 2 unspecified atom stereocenters. The zero-order valence-electron chi connectivity index (χ0n) is 21.3. The molecule has 2 atom stereocenters. The van der Waals surface area contributed by atoms with Crippen molar-refractivity contribution >= 4 is 5.97 Å². The van der Waals surface area contributed by atoms with Gasteiger partial charge in [0.2, 0.25) is 5.88 Å². The molecule has 196 valence electrons. The van der Waals surface area contributed by atoms with Crippen LogP contribution in [-0.4, -0.2) is 18.7 Å². The van der Waals surface area contributed by atoms with Crippen LogP contribution < -0.4 is 24.7 Å². The van der Waals surface area contributed by atoms with E-state index in [1.54, 1.807) is 18.2 Å². The van der Waals surface area contributed by atoms with Crippen molar-refractivity contribution in [2.45, 2.75) is 45.1 Å². The fourth-order valence-corrected chi connectivity index (χ4v) is 4.15. The van der Waals surface area contributed by atoms with Crippen LogP contribution in [0.25, 0.3) is 0 Å². The molecule has 3 aromatic carbocycles. The third-order valence-corrected chi connectivity index (χ3v) is 6.09. The molecule has 0 fully saturated rings. The zero-order valence-corrected chi connectivity index (χ0v) is 21.3. The van der Waals surface area contributed by atoms with Gasteiger partial charge in [0.05, 0.1) is 12.5 Å². The SMILES string of the molecule is CCCCCOc1cccc(C2C(C#N)=C(N)Oc3cc(OC(=O)C(C)Oc4ccccc4F)ccc32)c1. The first kappa shape index (κ1) is 26.6. The van der Waals surface area contributed by atoms with Crippen molar-refractivity contribution in [2.75, 3.05) is 6.61 Å². The Kier molecular flexibility index (Phi) is 8.49. The molecular weight excluding hydrogens is 487 g/mol. The molecule has 2 N–H and O–H groups in total. The van der Waals surface area contributed by atoms with Gasteiger partial charge in [-0.3, -0.25) is 0 Å². The number of para-hydroxylation sites is 1. The average Bonchev–Trinajstić information content (AvgIpc) is 2.91. The summed E-state index contributed by atoms with van der Waals surface area (Å²) in [6, 6.07) is 20.4. The number of rotatable bonds is 10. The number of nitrogens with two attached hydrogens (primary N) is 1. The number of nitriles is 1. The van der Waals surface area contributed by atoms with Crippen LogP contribution in [0.15, 0.2) is 78.2 Å². The maximum absolute atomic E-state index is 13.9. The summed E-state index contributed by atoms with van der Waals surface area (Å²) in [7, 11) is 0. The summed E-state index contributed by atoms with van der Waals surface area (Å²) < 4.78 is 36.4. The number of esters is 1. The van der Waals surface area contributed by atoms with Crippen molar-refractivity contribution in [1.29, 1.82) is 5.26 Å². The summed E-state index contributed by atoms with van der Waals surface area (Å²) in [5.41, 5.74) is 7.91. The first-order valence-electron chi connectivity index (χ1n) is 12.5. The van der Waals surface area contributed by atoms with Crippen LogP contribution in [0.1, 0.15) is 50.2 Å². The minimum Gasteiger partial charge on any atom is -0.494 e. The normalized spacial score (nSPS) is 15.1. The summed E-state index contributed by atoms with van der Waals surface area (Å²) in [6.45, 7) is 4.21. The number of ether oxygens (including phenoxy) is 4. The Balaban J connectivity index is 1.55. The number of nitrogens with zero attached hydrogens (tertiary/aromatic N) is 1. The quantitative estimate of drug-likeness (QED) is 0.201. The Morgan fingerprint density at radius 2 is 1.92 bits per heavy atom. The monoisotopic (exact) mass is 516 g/mol. The molecule has 0 saturated heterocycles. The van der Waals surface area contributed by atoms with Gasteiger partial charge in [0.1, 0.15) is 28.9 Å². The molecule has 3 aromatic rings. The predicted octanol–water partition coefficient (Wildman–Crippen LogP) is 5.99. The molecule has 0 aliphatic carbocycles. The minimum absolute atomic E-state index is 0.0287. The van der Waals surface area contributed by atoms with Crippen LogP contribution >= 0.6 is 0 Å². The molecular formula is C30H29FN2O5. The molecule has 0 radical (unpaired) electrons. The Hall–Kier alpha value is -4.51. The molecule has 0 aromatic heterocycles. The number of benzene rings is 3. The zero-order chi connectivity index (χ0) is 27.1. The molecule has 38 heavy (non-hydrogen) atoms. The minimum atomic E-state index is -1.06. The molecule has 4 rings (SSSR count). The number of allylic oxidation sites excluding steroid dienone is 1. The molecule has 0 spiro atoms. The second-order valence-corrected chi connectivity index (χ2v) is 8.86. The summed E-state index contributed by atoms with van der Waals surface area (Å²) in [5.74, 6) is -0.605. The highest BCUT2D eigenvalue weighted by Crippen LogP contribution is 2.44. The van der Waals surface area contributed by atoms with Gasteiger partial charge in [0.15, 0.2) is 17.7 Å². The van der Waals surface area contributed by atoms with E-state index in [-0.39, 0.29) is 23.0 Å². The van der Waals surface area contributed by atoms with E-state index >= 15 is 0 Å². The van der Waals surface area contributed by atoms with Crippen molar-refractivity contribution in [3.63, 3.8) is 0 Å². The van der Waals surface area contributed by atoms with Crippen LogP contribution in [0, 0.1) is 17.1 Å². The summed E-state index contributed by atoms with van der Waals surface area (Å²) in [6.07, 6.45) is 2.09. The Labute approximate surface area is 221 Å². The Morgan fingerprint density at radius 3 is 2.68 bits per heavy atom. The third-order valence-electron chi connectivity index (χ3n) is 6.09. The van der Waals surface area contributed by atoms with E-state index in [9.17, 15) is 14.4 Å². The maximum Gasteiger partial charge on any atom is 0.352 e. The molecule has 7 nitrogen and oxygen atoms in total. The maximum atomic E-state index is 13.9. The summed E-state index contributed by atoms with van der Waals surface area (Å²) >= 11 is 0. The topological polar surface area (TPSA) is 104 Å². The Morgan fingerprint density at radius 1 is 1.11 bits per heavy atom. The fourth-order valence-electron chi connectivity index (χ4n) is 4.15. The molecule has 1 heterocycles. The van der Waals surface area contributed by atoms with Crippen LogP contribution in [0.4, 0.5) is 4.39 Å². The molecule has 0 saturated carbocycles. The van der Waals surface area contributed by atoms with Crippen molar-refractivity contribution in [2.24, 2.45) is 5.73 Å². The Bertz CT molecular complexity index is 1380. The summed E-state index contributed by atoms with van der Waals surface area (Å²) in [5, 5.41) is 9.85. The number of unbranched alkanes of at least 4 members (excludes halogenated alkanes) is 2. The van der Waals surface area contributed by atoms with Gasteiger partial charge in [-0.25, -0.2) is 9.18 Å². The molecule has 8 heteroatoms. The van der Waals surface area contributed by atoms with Crippen molar-refractivity contribution in [1.82, 2.24) is 0 Å². The third kappa shape index (κ3) is 6.06. The van der Waals surface area contributed by atoms with Crippen LogP contribution in [0.2, 0.25) is 0 Å². The van der Waals surface area contributed by atoms with Gasteiger partial charge in [-0.05, 0) is 49.2 Å². The van der Waals surface area contributed by atoms with E-state index in [1.807, 2.05) is 24.3 Å². The smallest absolute Gasteiger partial charge is 0.352 e. The number of carbonyl (C=O) groups is 1. The largest absolute Gasteiger partial charge is 0.494 e. The highest BCUT2D eigenvalue weighted by Gasteiger charge is 2.31.